The van der Waals surface area contributed by atoms with E-state index < -0.39 is 0 Å². The number of anilines is 2. The van der Waals surface area contributed by atoms with E-state index in [-0.39, 0.29) is 23.9 Å². The molecule has 0 bridgehead atoms. The first-order chi connectivity index (χ1) is 15.5. The largest absolute Gasteiger partial charge is 0.371 e. The highest BCUT2D eigenvalue weighted by atomic mass is 16.5. The van der Waals surface area contributed by atoms with Gasteiger partial charge in [-0.25, -0.2) is 4.79 Å². The van der Waals surface area contributed by atoms with E-state index in [1.165, 1.54) is 0 Å². The fraction of sp³-hybridized carbons (Fsp3) is 0.478. The summed E-state index contributed by atoms with van der Waals surface area (Å²) < 4.78 is 4.97. The van der Waals surface area contributed by atoms with Crippen molar-refractivity contribution in [1.82, 2.24) is 15.4 Å². The molecular formula is C23H28N6O3. The quantitative estimate of drug-likeness (QED) is 0.762. The number of aryl methyl sites for hydroxylation is 1. The van der Waals surface area contributed by atoms with Gasteiger partial charge in [-0.2, -0.15) is 5.26 Å². The molecule has 32 heavy (non-hydrogen) atoms. The number of hydrogen-bond acceptors (Lipinski definition) is 6. The molecule has 0 aliphatic carbocycles. The second-order valence-electron chi connectivity index (χ2n) is 8.44. The number of nitrogens with one attached hydrogen (secondary N) is 2. The molecule has 1 aromatic carbocycles. The van der Waals surface area contributed by atoms with Crippen molar-refractivity contribution in [2.75, 3.05) is 36.4 Å². The normalized spacial score (nSPS) is 17.6. The van der Waals surface area contributed by atoms with Crippen LogP contribution in [-0.4, -0.2) is 54.2 Å². The van der Waals surface area contributed by atoms with Crippen LogP contribution in [0.25, 0.3) is 0 Å². The van der Waals surface area contributed by atoms with E-state index in [1.807, 2.05) is 24.3 Å². The third kappa shape index (κ3) is 5.19. The van der Waals surface area contributed by atoms with Crippen LogP contribution >= 0.6 is 0 Å². The first-order valence-corrected chi connectivity index (χ1v) is 11.1. The van der Waals surface area contributed by atoms with Crippen LogP contribution in [0.2, 0.25) is 0 Å². The van der Waals surface area contributed by atoms with Gasteiger partial charge >= 0.3 is 6.03 Å². The fourth-order valence-electron chi connectivity index (χ4n) is 4.29. The highest BCUT2D eigenvalue weighted by molar-refractivity contribution is 5.91. The second kappa shape index (κ2) is 9.73. The topological polar surface area (TPSA) is 114 Å². The Balaban J connectivity index is 1.19. The zero-order chi connectivity index (χ0) is 22.5. The molecule has 0 saturated carbocycles. The molecule has 9 nitrogen and oxygen atoms in total. The van der Waals surface area contributed by atoms with Crippen molar-refractivity contribution in [3.05, 3.63) is 41.7 Å². The van der Waals surface area contributed by atoms with Gasteiger partial charge in [-0.05, 0) is 56.9 Å². The van der Waals surface area contributed by atoms with Crippen LogP contribution in [0, 0.1) is 24.2 Å². The average molecular weight is 437 g/mol. The lowest BCUT2D eigenvalue weighted by Gasteiger charge is -2.36. The zero-order valence-corrected chi connectivity index (χ0v) is 18.2. The summed E-state index contributed by atoms with van der Waals surface area (Å²) in [4.78, 5) is 29.2. The van der Waals surface area contributed by atoms with Crippen molar-refractivity contribution in [2.45, 2.75) is 38.6 Å². The number of carbonyl (C=O) groups excluding carboxylic acids is 2. The average Bonchev–Trinajstić information content (AvgIpc) is 3.24. The van der Waals surface area contributed by atoms with E-state index in [1.54, 1.807) is 17.9 Å². The van der Waals surface area contributed by atoms with Crippen molar-refractivity contribution in [3.63, 3.8) is 0 Å². The van der Waals surface area contributed by atoms with Crippen molar-refractivity contribution in [3.8, 4) is 6.07 Å². The van der Waals surface area contributed by atoms with E-state index >= 15 is 0 Å². The maximum absolute atomic E-state index is 12.7. The van der Waals surface area contributed by atoms with Crippen LogP contribution in [0.3, 0.4) is 0 Å². The smallest absolute Gasteiger partial charge is 0.317 e. The van der Waals surface area contributed by atoms with Gasteiger partial charge in [0, 0.05) is 49.9 Å². The molecule has 168 valence electrons. The Kier molecular flexibility index (Phi) is 6.59. The van der Waals surface area contributed by atoms with Gasteiger partial charge in [0.05, 0.1) is 11.6 Å². The number of urea groups is 1. The molecule has 2 fully saturated rings. The van der Waals surface area contributed by atoms with Gasteiger partial charge in [0.2, 0.25) is 5.91 Å². The lowest BCUT2D eigenvalue weighted by molar-refractivity contribution is -0.121. The molecule has 1 aromatic heterocycles. The van der Waals surface area contributed by atoms with Gasteiger partial charge in [-0.15, -0.1) is 0 Å². The molecule has 2 aromatic rings. The second-order valence-corrected chi connectivity index (χ2v) is 8.44. The molecule has 2 saturated heterocycles. The predicted octanol–water partition coefficient (Wildman–Crippen LogP) is 2.88. The molecule has 3 amide bonds. The molecule has 9 heteroatoms. The Labute approximate surface area is 187 Å². The first kappa shape index (κ1) is 21.7. The summed E-state index contributed by atoms with van der Waals surface area (Å²) in [7, 11) is 0. The number of piperidine rings is 2. The molecule has 2 N–H and O–H groups in total. The minimum Gasteiger partial charge on any atom is -0.371 e. The molecule has 0 radical (unpaired) electrons. The summed E-state index contributed by atoms with van der Waals surface area (Å²) >= 11 is 0. The number of carbonyl (C=O) groups is 2. The monoisotopic (exact) mass is 436 g/mol. The minimum absolute atomic E-state index is 0.0483. The number of rotatable bonds is 4. The molecule has 3 heterocycles. The third-order valence-electron chi connectivity index (χ3n) is 6.22. The highest BCUT2D eigenvalue weighted by Crippen LogP contribution is 2.22. The summed E-state index contributed by atoms with van der Waals surface area (Å²) in [6.07, 6.45) is 3.02. The predicted molar refractivity (Wildman–Crippen MR) is 119 cm³/mol. The van der Waals surface area contributed by atoms with E-state index in [2.05, 4.69) is 26.8 Å². The Hall–Kier alpha value is -3.54. The summed E-state index contributed by atoms with van der Waals surface area (Å²) in [5, 5.41) is 18.7. The van der Waals surface area contributed by atoms with Crippen LogP contribution in [0.4, 0.5) is 16.3 Å². The number of aromatic nitrogens is 1. The molecular weight excluding hydrogens is 408 g/mol. The number of nitrogens with zero attached hydrogens (tertiary/aromatic N) is 4. The summed E-state index contributed by atoms with van der Waals surface area (Å²) in [6, 6.07) is 11.5. The molecule has 0 atom stereocenters. The van der Waals surface area contributed by atoms with Gasteiger partial charge in [-0.1, -0.05) is 5.16 Å². The van der Waals surface area contributed by atoms with E-state index in [9.17, 15) is 9.59 Å². The summed E-state index contributed by atoms with van der Waals surface area (Å²) in [5.41, 5.74) is 1.76. The number of nitriles is 1. The SMILES string of the molecule is Cc1cc(NC(=O)C2CCN(C(=O)NC3CCN(c4ccc(C#N)cc4)CC3)CC2)no1. The van der Waals surface area contributed by atoms with E-state index in [0.29, 0.717) is 43.1 Å². The molecule has 0 unspecified atom stereocenters. The van der Waals surface area contributed by atoms with Gasteiger partial charge < -0.3 is 25.0 Å². The lowest BCUT2D eigenvalue weighted by Crippen LogP contribution is -2.51. The van der Waals surface area contributed by atoms with E-state index in [4.69, 9.17) is 9.78 Å². The van der Waals surface area contributed by atoms with Gasteiger partial charge in [0.1, 0.15) is 5.76 Å². The third-order valence-corrected chi connectivity index (χ3v) is 6.22. The van der Waals surface area contributed by atoms with Gasteiger partial charge in [0.15, 0.2) is 5.82 Å². The maximum Gasteiger partial charge on any atom is 0.317 e. The molecule has 2 aliphatic rings. The lowest BCUT2D eigenvalue weighted by atomic mass is 9.96. The first-order valence-electron chi connectivity index (χ1n) is 11.1. The minimum atomic E-state index is -0.133. The van der Waals surface area contributed by atoms with Crippen LogP contribution in [0.15, 0.2) is 34.9 Å². The number of hydrogen-bond donors (Lipinski definition) is 2. The number of likely N-dealkylation sites (tertiary alicyclic amines) is 1. The highest BCUT2D eigenvalue weighted by Gasteiger charge is 2.29. The number of benzene rings is 1. The molecule has 4 rings (SSSR count). The molecule has 2 aliphatic heterocycles. The maximum atomic E-state index is 12.7. The Morgan fingerprint density at radius 3 is 2.38 bits per heavy atom. The van der Waals surface area contributed by atoms with Crippen LogP contribution in [0.5, 0.6) is 0 Å². The summed E-state index contributed by atoms with van der Waals surface area (Å²) in [6.45, 7) is 4.62. The van der Waals surface area contributed by atoms with E-state index in [0.717, 1.165) is 31.6 Å². The van der Waals surface area contributed by atoms with Crippen molar-refractivity contribution in [1.29, 1.82) is 5.26 Å². The standard InChI is InChI=1S/C23H28N6O3/c1-16-14-21(27-32-16)26-22(30)18-6-10-29(11-7-18)23(31)25-19-8-12-28(13-9-19)20-4-2-17(15-24)3-5-20/h2-5,14,18-19H,6-13H2,1H3,(H,25,31)(H,26,27,30). The Morgan fingerprint density at radius 1 is 1.09 bits per heavy atom. The van der Waals surface area contributed by atoms with Crippen molar-refractivity contribution < 1.29 is 14.1 Å². The Morgan fingerprint density at radius 2 is 1.78 bits per heavy atom. The van der Waals surface area contributed by atoms with Gasteiger partial charge in [-0.3, -0.25) is 4.79 Å². The van der Waals surface area contributed by atoms with Crippen LogP contribution in [0.1, 0.15) is 37.0 Å². The van der Waals surface area contributed by atoms with Crippen molar-refractivity contribution in [2.24, 2.45) is 5.92 Å². The van der Waals surface area contributed by atoms with Crippen LogP contribution < -0.4 is 15.5 Å². The van der Waals surface area contributed by atoms with Crippen molar-refractivity contribution >= 4 is 23.4 Å². The number of amides is 3. The summed E-state index contributed by atoms with van der Waals surface area (Å²) in [5.74, 6) is 0.870. The zero-order valence-electron chi connectivity index (χ0n) is 18.2. The Bertz CT molecular complexity index is 980. The fourth-order valence-corrected chi connectivity index (χ4v) is 4.29. The van der Waals surface area contributed by atoms with Crippen LogP contribution in [-0.2, 0) is 4.79 Å². The molecule has 0 spiro atoms. The van der Waals surface area contributed by atoms with Gasteiger partial charge in [0.25, 0.3) is 0 Å².